The summed E-state index contributed by atoms with van der Waals surface area (Å²) in [4.78, 5) is 24.6. The first kappa shape index (κ1) is 17.9. The normalized spacial score (nSPS) is 22.6. The highest BCUT2D eigenvalue weighted by Gasteiger charge is 2.28. The summed E-state index contributed by atoms with van der Waals surface area (Å²) in [5, 5.41) is 11.6. The number of rotatable bonds is 5. The number of aryl methyl sites for hydroxylation is 2. The number of aromatic nitrogens is 3. The van der Waals surface area contributed by atoms with E-state index in [2.05, 4.69) is 15.6 Å². The number of nitrogens with one attached hydrogen (secondary N) is 1. The van der Waals surface area contributed by atoms with Gasteiger partial charge in [0.2, 0.25) is 5.91 Å². The molecule has 0 unspecified atom stereocenters. The standard InChI is InChI=1S/C20H26N4O3/c1-12-17(13(2)27-23-12)11-19(25)21-15-5-7-16(8-6-15)24-20(26)10-9-18(22-24)14-3-4-14/h9-10,14-16H,3-8,11H2,1-2H3,(H,21,25). The molecule has 0 bridgehead atoms. The highest BCUT2D eigenvalue weighted by molar-refractivity contribution is 5.79. The second kappa shape index (κ2) is 7.29. The lowest BCUT2D eigenvalue weighted by Gasteiger charge is -2.29. The zero-order valence-electron chi connectivity index (χ0n) is 15.9. The predicted molar refractivity (Wildman–Crippen MR) is 99.6 cm³/mol. The van der Waals surface area contributed by atoms with Crippen LogP contribution in [0.4, 0.5) is 0 Å². The van der Waals surface area contributed by atoms with Crippen molar-refractivity contribution < 1.29 is 9.32 Å². The molecule has 27 heavy (non-hydrogen) atoms. The molecule has 2 aliphatic rings. The van der Waals surface area contributed by atoms with E-state index in [1.54, 1.807) is 10.7 Å². The van der Waals surface area contributed by atoms with Gasteiger partial charge in [-0.1, -0.05) is 5.16 Å². The van der Waals surface area contributed by atoms with Gasteiger partial charge in [0.05, 0.1) is 23.9 Å². The monoisotopic (exact) mass is 370 g/mol. The van der Waals surface area contributed by atoms with Gasteiger partial charge < -0.3 is 9.84 Å². The molecule has 7 nitrogen and oxygen atoms in total. The van der Waals surface area contributed by atoms with Gasteiger partial charge in [-0.2, -0.15) is 5.10 Å². The zero-order valence-corrected chi connectivity index (χ0v) is 15.9. The molecule has 0 spiro atoms. The van der Waals surface area contributed by atoms with E-state index in [0.717, 1.165) is 42.6 Å². The van der Waals surface area contributed by atoms with Gasteiger partial charge >= 0.3 is 0 Å². The van der Waals surface area contributed by atoms with Gasteiger partial charge in [-0.25, -0.2) is 4.68 Å². The van der Waals surface area contributed by atoms with Gasteiger partial charge in [0.15, 0.2) is 0 Å². The number of nitrogens with zero attached hydrogens (tertiary/aromatic N) is 3. The first-order valence-corrected chi connectivity index (χ1v) is 9.82. The van der Waals surface area contributed by atoms with Crippen molar-refractivity contribution >= 4 is 5.91 Å². The molecule has 0 aliphatic heterocycles. The van der Waals surface area contributed by atoms with Gasteiger partial charge in [0.25, 0.3) is 5.56 Å². The third-order valence-electron chi connectivity index (χ3n) is 5.77. The molecule has 4 rings (SSSR count). The quantitative estimate of drug-likeness (QED) is 0.874. The van der Waals surface area contributed by atoms with E-state index in [1.807, 2.05) is 19.9 Å². The Hall–Kier alpha value is -2.44. The maximum Gasteiger partial charge on any atom is 0.267 e. The Morgan fingerprint density at radius 3 is 2.56 bits per heavy atom. The van der Waals surface area contributed by atoms with Gasteiger partial charge in [-0.05, 0) is 58.4 Å². The summed E-state index contributed by atoms with van der Waals surface area (Å²) >= 11 is 0. The molecular formula is C20H26N4O3. The molecule has 2 aromatic heterocycles. The lowest BCUT2D eigenvalue weighted by Crippen LogP contribution is -2.40. The molecule has 0 saturated heterocycles. The first-order valence-electron chi connectivity index (χ1n) is 9.82. The molecule has 144 valence electrons. The number of carbonyl (C=O) groups is 1. The summed E-state index contributed by atoms with van der Waals surface area (Å²) in [7, 11) is 0. The predicted octanol–water partition coefficient (Wildman–Crippen LogP) is 2.57. The Kier molecular flexibility index (Phi) is 4.85. The topological polar surface area (TPSA) is 90.0 Å². The molecular weight excluding hydrogens is 344 g/mol. The molecule has 0 radical (unpaired) electrons. The molecule has 0 atom stereocenters. The zero-order chi connectivity index (χ0) is 19.0. The average molecular weight is 370 g/mol. The van der Waals surface area contributed by atoms with Crippen molar-refractivity contribution in [1.82, 2.24) is 20.3 Å². The third kappa shape index (κ3) is 3.96. The van der Waals surface area contributed by atoms with Crippen molar-refractivity contribution in [2.24, 2.45) is 0 Å². The summed E-state index contributed by atoms with van der Waals surface area (Å²) in [6.45, 7) is 3.68. The van der Waals surface area contributed by atoms with Crippen molar-refractivity contribution in [3.63, 3.8) is 0 Å². The lowest BCUT2D eigenvalue weighted by molar-refractivity contribution is -0.121. The van der Waals surface area contributed by atoms with Crippen molar-refractivity contribution in [1.29, 1.82) is 0 Å². The fourth-order valence-corrected chi connectivity index (χ4v) is 3.96. The molecule has 7 heteroatoms. The van der Waals surface area contributed by atoms with Crippen LogP contribution in [0.1, 0.15) is 73.2 Å². The van der Waals surface area contributed by atoms with Crippen molar-refractivity contribution in [2.45, 2.75) is 76.8 Å². The number of hydrogen-bond donors (Lipinski definition) is 1. The van der Waals surface area contributed by atoms with Crippen molar-refractivity contribution in [2.75, 3.05) is 0 Å². The van der Waals surface area contributed by atoms with Crippen LogP contribution < -0.4 is 10.9 Å². The Bertz CT molecular complexity index is 869. The van der Waals surface area contributed by atoms with Crippen LogP contribution in [0.3, 0.4) is 0 Å². The molecule has 1 amide bonds. The minimum absolute atomic E-state index is 0.00104. The molecule has 2 aromatic rings. The lowest BCUT2D eigenvalue weighted by atomic mass is 9.91. The van der Waals surface area contributed by atoms with Crippen LogP contribution in [0.25, 0.3) is 0 Å². The average Bonchev–Trinajstić information content (AvgIpc) is 3.46. The molecule has 1 N–H and O–H groups in total. The molecule has 0 aromatic carbocycles. The number of carbonyl (C=O) groups excluding carboxylic acids is 1. The Labute approximate surface area is 158 Å². The number of hydrogen-bond acceptors (Lipinski definition) is 5. The Morgan fingerprint density at radius 2 is 1.93 bits per heavy atom. The van der Waals surface area contributed by atoms with Crippen molar-refractivity contribution in [3.05, 3.63) is 45.2 Å². The van der Waals surface area contributed by atoms with E-state index in [4.69, 9.17) is 4.52 Å². The van der Waals surface area contributed by atoms with Crippen LogP contribution in [0.5, 0.6) is 0 Å². The van der Waals surface area contributed by atoms with Crippen LogP contribution >= 0.6 is 0 Å². The van der Waals surface area contributed by atoms with Crippen LogP contribution in [0, 0.1) is 13.8 Å². The Balaban J connectivity index is 1.33. The van der Waals surface area contributed by atoms with Crippen LogP contribution in [0.15, 0.2) is 21.5 Å². The first-order chi connectivity index (χ1) is 13.0. The number of amides is 1. The van der Waals surface area contributed by atoms with Crippen LogP contribution in [-0.4, -0.2) is 26.9 Å². The van der Waals surface area contributed by atoms with Gasteiger partial charge in [0.1, 0.15) is 5.76 Å². The minimum atomic E-state index is -0.0229. The Morgan fingerprint density at radius 1 is 1.19 bits per heavy atom. The molecule has 2 fully saturated rings. The fourth-order valence-electron chi connectivity index (χ4n) is 3.96. The third-order valence-corrected chi connectivity index (χ3v) is 5.77. The van der Waals surface area contributed by atoms with E-state index in [-0.39, 0.29) is 23.6 Å². The van der Waals surface area contributed by atoms with E-state index in [0.29, 0.717) is 18.1 Å². The van der Waals surface area contributed by atoms with E-state index < -0.39 is 0 Å². The second-order valence-corrected chi connectivity index (χ2v) is 7.87. The second-order valence-electron chi connectivity index (χ2n) is 7.87. The maximum atomic E-state index is 12.4. The highest BCUT2D eigenvalue weighted by Crippen LogP contribution is 2.38. The summed E-state index contributed by atoms with van der Waals surface area (Å²) in [5.74, 6) is 1.24. The van der Waals surface area contributed by atoms with Crippen LogP contribution in [0.2, 0.25) is 0 Å². The van der Waals surface area contributed by atoms with E-state index >= 15 is 0 Å². The summed E-state index contributed by atoms with van der Waals surface area (Å²) in [6, 6.07) is 3.80. The van der Waals surface area contributed by atoms with E-state index in [1.165, 1.54) is 12.8 Å². The minimum Gasteiger partial charge on any atom is -0.361 e. The smallest absolute Gasteiger partial charge is 0.267 e. The van der Waals surface area contributed by atoms with E-state index in [9.17, 15) is 9.59 Å². The SMILES string of the molecule is Cc1noc(C)c1CC(=O)NC1CCC(n2nc(C3CC3)ccc2=O)CC1. The molecule has 2 aliphatic carbocycles. The van der Waals surface area contributed by atoms with Gasteiger partial charge in [0, 0.05) is 23.6 Å². The molecule has 2 saturated carbocycles. The molecule has 2 heterocycles. The maximum absolute atomic E-state index is 12.4. The summed E-state index contributed by atoms with van der Waals surface area (Å²) in [5.41, 5.74) is 2.66. The van der Waals surface area contributed by atoms with Crippen molar-refractivity contribution in [3.8, 4) is 0 Å². The van der Waals surface area contributed by atoms with Gasteiger partial charge in [-0.3, -0.25) is 9.59 Å². The summed E-state index contributed by atoms with van der Waals surface area (Å²) < 4.78 is 6.80. The fraction of sp³-hybridized carbons (Fsp3) is 0.600. The highest BCUT2D eigenvalue weighted by atomic mass is 16.5. The summed E-state index contributed by atoms with van der Waals surface area (Å²) in [6.07, 6.45) is 6.09. The van der Waals surface area contributed by atoms with Crippen LogP contribution in [-0.2, 0) is 11.2 Å². The largest absolute Gasteiger partial charge is 0.361 e. The van der Waals surface area contributed by atoms with Gasteiger partial charge in [-0.15, -0.1) is 0 Å².